The van der Waals surface area contributed by atoms with Crippen LogP contribution in [0.1, 0.15) is 22.3 Å². The van der Waals surface area contributed by atoms with Gasteiger partial charge in [-0.25, -0.2) is 0 Å². The van der Waals surface area contributed by atoms with E-state index in [1.807, 2.05) is 0 Å². The molecule has 0 fully saturated rings. The fourth-order valence-electron chi connectivity index (χ4n) is 11.9. The molecular weight excluding hydrogens is 845 g/mol. The van der Waals surface area contributed by atoms with Gasteiger partial charge < -0.3 is 9.80 Å². The monoisotopic (exact) mass is 892 g/mol. The molecule has 0 atom stereocenters. The van der Waals surface area contributed by atoms with E-state index in [1.165, 1.54) is 121 Å². The number of benzene rings is 12. The standard InChI is InChI=1S/C68H48N2/c1-2-15-45(16-3-1)51-33-34-53-42-54(36-35-52(53)41-51)67-59-39-37-56(70-65-27-12-7-20-49(65)31-32-50-21-8-13-28-66(50)70)44-62(59)68(58-24-14-22-46-17-4-9-23-57(46)58)60-40-38-55(43-61(60)67)69-63-25-10-5-18-47(63)29-30-48-19-6-11-26-64(48)69/h1-28,33-44H,29-32H2. The molecule has 0 bridgehead atoms. The minimum Gasteiger partial charge on any atom is -0.310 e. The highest BCUT2D eigenvalue weighted by molar-refractivity contribution is 6.25. The van der Waals surface area contributed by atoms with E-state index in [9.17, 15) is 0 Å². The average molecular weight is 893 g/mol. The minimum atomic E-state index is 0.996. The Morgan fingerprint density at radius 1 is 0.243 bits per heavy atom. The maximum atomic E-state index is 2.52. The molecule has 0 spiro atoms. The van der Waals surface area contributed by atoms with Gasteiger partial charge in [-0.2, -0.15) is 0 Å². The lowest BCUT2D eigenvalue weighted by Gasteiger charge is -2.29. The first kappa shape index (κ1) is 40.4. The van der Waals surface area contributed by atoms with Crippen LogP contribution in [-0.4, -0.2) is 0 Å². The van der Waals surface area contributed by atoms with Crippen LogP contribution in [-0.2, 0) is 25.7 Å². The van der Waals surface area contributed by atoms with Crippen molar-refractivity contribution in [1.29, 1.82) is 0 Å². The van der Waals surface area contributed by atoms with Gasteiger partial charge >= 0.3 is 0 Å². The molecule has 2 aliphatic rings. The summed E-state index contributed by atoms with van der Waals surface area (Å²) < 4.78 is 0. The quantitative estimate of drug-likeness (QED) is 0.159. The molecule has 0 unspecified atom stereocenters. The van der Waals surface area contributed by atoms with Gasteiger partial charge in [-0.05, 0) is 185 Å². The van der Waals surface area contributed by atoms with Crippen LogP contribution in [0.5, 0.6) is 0 Å². The summed E-state index contributed by atoms with van der Waals surface area (Å²) in [5.41, 5.74) is 20.1. The van der Waals surface area contributed by atoms with Gasteiger partial charge in [0.1, 0.15) is 0 Å². The summed E-state index contributed by atoms with van der Waals surface area (Å²) in [5, 5.41) is 9.84. The van der Waals surface area contributed by atoms with E-state index in [0.717, 1.165) is 37.1 Å². The van der Waals surface area contributed by atoms with E-state index in [2.05, 4.69) is 252 Å². The molecule has 70 heavy (non-hydrogen) atoms. The van der Waals surface area contributed by atoms with Crippen molar-refractivity contribution in [1.82, 2.24) is 0 Å². The number of para-hydroxylation sites is 4. The van der Waals surface area contributed by atoms with Crippen LogP contribution in [0.2, 0.25) is 0 Å². The van der Waals surface area contributed by atoms with Crippen LogP contribution < -0.4 is 9.80 Å². The van der Waals surface area contributed by atoms with Gasteiger partial charge in [0.05, 0.1) is 0 Å². The van der Waals surface area contributed by atoms with Crippen molar-refractivity contribution in [3.05, 3.63) is 265 Å². The van der Waals surface area contributed by atoms with Crippen LogP contribution >= 0.6 is 0 Å². The third-order valence-corrected chi connectivity index (χ3v) is 15.2. The Morgan fingerprint density at radius 3 is 1.26 bits per heavy atom. The third-order valence-electron chi connectivity index (χ3n) is 15.2. The smallest absolute Gasteiger partial charge is 0.0493 e. The van der Waals surface area contributed by atoms with Gasteiger partial charge in [0.15, 0.2) is 0 Å². The van der Waals surface area contributed by atoms with Crippen molar-refractivity contribution in [2.45, 2.75) is 25.7 Å². The fourth-order valence-corrected chi connectivity index (χ4v) is 11.9. The maximum absolute atomic E-state index is 2.52. The molecule has 330 valence electrons. The number of fused-ring (bicyclic) bond motifs is 8. The summed E-state index contributed by atoms with van der Waals surface area (Å²) in [4.78, 5) is 5.04. The lowest BCUT2D eigenvalue weighted by atomic mass is 9.83. The van der Waals surface area contributed by atoms with Crippen LogP contribution in [0.25, 0.3) is 76.5 Å². The summed E-state index contributed by atoms with van der Waals surface area (Å²) in [6.07, 6.45) is 3.98. The predicted molar refractivity (Wildman–Crippen MR) is 297 cm³/mol. The lowest BCUT2D eigenvalue weighted by molar-refractivity contribution is 0.977. The number of rotatable bonds is 5. The zero-order valence-corrected chi connectivity index (χ0v) is 38.8. The summed E-state index contributed by atoms with van der Waals surface area (Å²) >= 11 is 0. The highest BCUT2D eigenvalue weighted by Gasteiger charge is 2.27. The normalized spacial score (nSPS) is 13.1. The molecule has 2 heteroatoms. The van der Waals surface area contributed by atoms with Gasteiger partial charge in [-0.1, -0.05) is 182 Å². The Hall–Kier alpha value is -8.72. The first-order chi connectivity index (χ1) is 34.7. The number of hydrogen-bond acceptors (Lipinski definition) is 2. The second-order valence-corrected chi connectivity index (χ2v) is 19.1. The molecule has 2 nitrogen and oxygen atoms in total. The van der Waals surface area contributed by atoms with Gasteiger partial charge in [0.2, 0.25) is 0 Å². The highest BCUT2D eigenvalue weighted by Crippen LogP contribution is 2.51. The molecule has 0 amide bonds. The van der Waals surface area contributed by atoms with E-state index < -0.39 is 0 Å². The summed E-state index contributed by atoms with van der Waals surface area (Å²) in [5.74, 6) is 0. The van der Waals surface area contributed by atoms with Crippen molar-refractivity contribution in [3.63, 3.8) is 0 Å². The van der Waals surface area contributed by atoms with Crippen molar-refractivity contribution in [2.24, 2.45) is 0 Å². The first-order valence-corrected chi connectivity index (χ1v) is 24.7. The van der Waals surface area contributed by atoms with Crippen molar-refractivity contribution < 1.29 is 0 Å². The zero-order valence-electron chi connectivity index (χ0n) is 38.8. The molecule has 0 saturated carbocycles. The number of anilines is 6. The second kappa shape index (κ2) is 16.5. The maximum Gasteiger partial charge on any atom is 0.0493 e. The Labute approximate surface area is 409 Å². The molecule has 12 aromatic carbocycles. The van der Waals surface area contributed by atoms with E-state index >= 15 is 0 Å². The summed E-state index contributed by atoms with van der Waals surface area (Å²) in [7, 11) is 0. The van der Waals surface area contributed by atoms with Crippen molar-refractivity contribution in [3.8, 4) is 33.4 Å². The fraction of sp³-hybridized carbons (Fsp3) is 0.0588. The predicted octanol–water partition coefficient (Wildman–Crippen LogP) is 18.4. The van der Waals surface area contributed by atoms with Crippen molar-refractivity contribution in [2.75, 3.05) is 9.80 Å². The molecule has 0 radical (unpaired) electrons. The van der Waals surface area contributed by atoms with Gasteiger partial charge in [0, 0.05) is 34.1 Å². The molecule has 2 aliphatic heterocycles. The summed E-state index contributed by atoms with van der Waals surface area (Å²) in [6, 6.07) is 91.0. The minimum absolute atomic E-state index is 0.996. The van der Waals surface area contributed by atoms with Crippen LogP contribution in [0, 0.1) is 0 Å². The van der Waals surface area contributed by atoms with Crippen LogP contribution in [0.3, 0.4) is 0 Å². The summed E-state index contributed by atoms with van der Waals surface area (Å²) in [6.45, 7) is 0. The van der Waals surface area contributed by atoms with E-state index in [1.54, 1.807) is 0 Å². The van der Waals surface area contributed by atoms with Gasteiger partial charge in [-0.3, -0.25) is 0 Å². The highest BCUT2D eigenvalue weighted by atomic mass is 15.2. The van der Waals surface area contributed by atoms with Gasteiger partial charge in [-0.15, -0.1) is 0 Å². The second-order valence-electron chi connectivity index (χ2n) is 19.1. The molecule has 0 saturated heterocycles. The SMILES string of the molecule is c1ccc(-c2ccc3cc(-c4c5cc(N6c7ccccc7CCc7ccccc76)ccc5c(-c5cccc6ccccc56)c5cc(N6c7ccccc7CCc7ccccc76)ccc45)ccc3c2)cc1. The molecule has 0 aromatic heterocycles. The van der Waals surface area contributed by atoms with Gasteiger partial charge in [0.25, 0.3) is 0 Å². The lowest BCUT2D eigenvalue weighted by Crippen LogP contribution is -2.12. The molecule has 12 aromatic rings. The van der Waals surface area contributed by atoms with E-state index in [4.69, 9.17) is 0 Å². The van der Waals surface area contributed by atoms with E-state index in [-0.39, 0.29) is 0 Å². The average Bonchev–Trinajstić information content (AvgIpc) is 3.70. The molecule has 2 heterocycles. The van der Waals surface area contributed by atoms with Crippen molar-refractivity contribution >= 4 is 77.2 Å². The zero-order chi connectivity index (χ0) is 46.1. The molecule has 14 rings (SSSR count). The number of aryl methyl sites for hydroxylation is 4. The Morgan fingerprint density at radius 2 is 0.686 bits per heavy atom. The third kappa shape index (κ3) is 6.63. The Kier molecular flexibility index (Phi) is 9.52. The van der Waals surface area contributed by atoms with E-state index in [0.29, 0.717) is 0 Å². The molecular formula is C68H48N2. The Balaban J connectivity index is 1.10. The molecule has 0 aliphatic carbocycles. The molecule has 0 N–H and O–H groups in total. The van der Waals surface area contributed by atoms with Crippen LogP contribution in [0.15, 0.2) is 243 Å². The Bertz CT molecular complexity index is 3930. The topological polar surface area (TPSA) is 6.48 Å². The van der Waals surface area contributed by atoms with Crippen LogP contribution in [0.4, 0.5) is 34.1 Å². The number of hydrogen-bond donors (Lipinski definition) is 0. The first-order valence-electron chi connectivity index (χ1n) is 24.7. The number of nitrogens with zero attached hydrogens (tertiary/aromatic N) is 2. The largest absolute Gasteiger partial charge is 0.310 e.